The molecule has 0 radical (unpaired) electrons. The Labute approximate surface area is 165 Å². The van der Waals surface area contributed by atoms with Crippen LogP contribution in [0.15, 0.2) is 52.1 Å². The summed E-state index contributed by atoms with van der Waals surface area (Å²) in [4.78, 5) is 51.9. The highest BCUT2D eigenvalue weighted by Crippen LogP contribution is 2.22. The lowest BCUT2D eigenvalue weighted by atomic mass is 10.0. The summed E-state index contributed by atoms with van der Waals surface area (Å²) in [6.45, 7) is 1.38. The SMILES string of the molecule is COc1ccc(C(CC(=O)Nc2ccc3[nH]c(=O)c(=O)[nH]c3c2)NC(C)=O)cc1. The number of H-pyrrole nitrogens is 2. The van der Waals surface area contributed by atoms with Crippen molar-refractivity contribution < 1.29 is 14.3 Å². The number of ether oxygens (including phenoxy) is 1. The molecule has 0 fully saturated rings. The molecule has 0 spiro atoms. The van der Waals surface area contributed by atoms with E-state index < -0.39 is 17.2 Å². The number of aromatic amines is 2. The first kappa shape index (κ1) is 19.9. The van der Waals surface area contributed by atoms with E-state index in [1.165, 1.54) is 6.92 Å². The number of rotatable bonds is 6. The van der Waals surface area contributed by atoms with E-state index >= 15 is 0 Å². The molecule has 1 aromatic heterocycles. The van der Waals surface area contributed by atoms with Crippen LogP contribution in [0.1, 0.15) is 24.9 Å². The quantitative estimate of drug-likeness (QED) is 0.468. The Balaban J connectivity index is 1.77. The third kappa shape index (κ3) is 4.89. The Hall–Kier alpha value is -3.88. The summed E-state index contributed by atoms with van der Waals surface area (Å²) in [7, 11) is 1.56. The van der Waals surface area contributed by atoms with Gasteiger partial charge in [-0.3, -0.25) is 19.2 Å². The van der Waals surface area contributed by atoms with Gasteiger partial charge in [0.25, 0.3) is 0 Å². The van der Waals surface area contributed by atoms with Gasteiger partial charge in [0.05, 0.1) is 30.6 Å². The molecular formula is C20H20N4O5. The fraction of sp³-hybridized carbons (Fsp3) is 0.200. The molecule has 0 saturated heterocycles. The minimum atomic E-state index is -0.772. The molecule has 3 aromatic rings. The van der Waals surface area contributed by atoms with Gasteiger partial charge in [-0.1, -0.05) is 12.1 Å². The third-order valence-electron chi connectivity index (χ3n) is 4.29. The van der Waals surface area contributed by atoms with Crippen LogP contribution in [-0.4, -0.2) is 28.9 Å². The lowest BCUT2D eigenvalue weighted by molar-refractivity contribution is -0.120. The van der Waals surface area contributed by atoms with E-state index in [0.717, 1.165) is 5.56 Å². The highest BCUT2D eigenvalue weighted by Gasteiger charge is 2.17. The highest BCUT2D eigenvalue weighted by molar-refractivity contribution is 5.93. The van der Waals surface area contributed by atoms with Gasteiger partial charge in [-0.25, -0.2) is 0 Å². The summed E-state index contributed by atoms with van der Waals surface area (Å²) < 4.78 is 5.13. The second-order valence-corrected chi connectivity index (χ2v) is 6.45. The van der Waals surface area contributed by atoms with Gasteiger partial charge < -0.3 is 25.3 Å². The van der Waals surface area contributed by atoms with Crippen molar-refractivity contribution in [2.45, 2.75) is 19.4 Å². The average molecular weight is 396 g/mol. The van der Waals surface area contributed by atoms with Crippen LogP contribution in [0, 0.1) is 0 Å². The molecule has 3 rings (SSSR count). The van der Waals surface area contributed by atoms with Crippen molar-refractivity contribution in [3.05, 3.63) is 68.7 Å². The Kier molecular flexibility index (Phi) is 5.77. The molecule has 150 valence electrons. The fourth-order valence-electron chi connectivity index (χ4n) is 2.92. The van der Waals surface area contributed by atoms with Gasteiger partial charge in [-0.05, 0) is 35.9 Å². The molecule has 9 nitrogen and oxygen atoms in total. The van der Waals surface area contributed by atoms with Crippen molar-refractivity contribution in [1.82, 2.24) is 15.3 Å². The van der Waals surface area contributed by atoms with Crippen molar-refractivity contribution in [3.63, 3.8) is 0 Å². The molecule has 1 unspecified atom stereocenters. The minimum Gasteiger partial charge on any atom is -0.497 e. The summed E-state index contributed by atoms with van der Waals surface area (Å²) in [5.41, 5.74) is 0.527. The number of aromatic nitrogens is 2. The maximum Gasteiger partial charge on any atom is 0.314 e. The summed E-state index contributed by atoms with van der Waals surface area (Å²) in [5.74, 6) is 0.0829. The van der Waals surface area contributed by atoms with Crippen LogP contribution >= 0.6 is 0 Å². The number of hydrogen-bond acceptors (Lipinski definition) is 5. The fourth-order valence-corrected chi connectivity index (χ4v) is 2.92. The van der Waals surface area contributed by atoms with Crippen LogP contribution in [0.2, 0.25) is 0 Å². The summed E-state index contributed by atoms with van der Waals surface area (Å²) >= 11 is 0. The van der Waals surface area contributed by atoms with Gasteiger partial charge in [-0.2, -0.15) is 0 Å². The molecule has 0 saturated carbocycles. The van der Waals surface area contributed by atoms with E-state index in [2.05, 4.69) is 20.6 Å². The Morgan fingerprint density at radius 1 is 1.00 bits per heavy atom. The van der Waals surface area contributed by atoms with Crippen LogP contribution in [0.25, 0.3) is 11.0 Å². The standard InChI is InChI=1S/C20H20N4O5/c1-11(25)21-16(12-3-6-14(29-2)7-4-12)10-18(26)22-13-5-8-15-17(9-13)24-20(28)19(27)23-15/h3-9,16H,10H2,1-2H3,(H,21,25)(H,22,26)(H,23,27)(H,24,28). The van der Waals surface area contributed by atoms with Crippen molar-refractivity contribution in [3.8, 4) is 5.75 Å². The number of amides is 2. The van der Waals surface area contributed by atoms with E-state index in [1.807, 2.05) is 0 Å². The van der Waals surface area contributed by atoms with Crippen molar-refractivity contribution in [1.29, 1.82) is 0 Å². The molecule has 4 N–H and O–H groups in total. The predicted octanol–water partition coefficient (Wildman–Crippen LogP) is 1.43. The topological polar surface area (TPSA) is 133 Å². The Morgan fingerprint density at radius 3 is 2.28 bits per heavy atom. The van der Waals surface area contributed by atoms with Gasteiger partial charge in [0.15, 0.2) is 0 Å². The number of methoxy groups -OCH3 is 1. The molecule has 0 aliphatic heterocycles. The van der Waals surface area contributed by atoms with Crippen LogP contribution in [0.5, 0.6) is 5.75 Å². The van der Waals surface area contributed by atoms with Crippen molar-refractivity contribution >= 4 is 28.5 Å². The molecule has 29 heavy (non-hydrogen) atoms. The van der Waals surface area contributed by atoms with Gasteiger partial charge >= 0.3 is 11.1 Å². The summed E-state index contributed by atoms with van der Waals surface area (Å²) in [5, 5.41) is 5.50. The first-order valence-electron chi connectivity index (χ1n) is 8.83. The molecule has 0 aliphatic rings. The largest absolute Gasteiger partial charge is 0.497 e. The number of nitrogens with one attached hydrogen (secondary N) is 4. The van der Waals surface area contributed by atoms with Crippen LogP contribution < -0.4 is 26.5 Å². The van der Waals surface area contributed by atoms with Crippen LogP contribution in [-0.2, 0) is 9.59 Å². The summed E-state index contributed by atoms with van der Waals surface area (Å²) in [6.07, 6.45) is 0.00604. The van der Waals surface area contributed by atoms with E-state index in [9.17, 15) is 19.2 Å². The molecule has 0 aliphatic carbocycles. The monoisotopic (exact) mass is 396 g/mol. The number of carbonyl (C=O) groups is 2. The van der Waals surface area contributed by atoms with Gasteiger partial charge in [-0.15, -0.1) is 0 Å². The average Bonchev–Trinajstić information content (AvgIpc) is 2.68. The highest BCUT2D eigenvalue weighted by atomic mass is 16.5. The number of carbonyl (C=O) groups excluding carboxylic acids is 2. The molecule has 0 bridgehead atoms. The molecule has 1 heterocycles. The maximum absolute atomic E-state index is 12.5. The first-order valence-corrected chi connectivity index (χ1v) is 8.83. The zero-order valence-corrected chi connectivity index (χ0v) is 15.9. The normalized spacial score (nSPS) is 11.7. The van der Waals surface area contributed by atoms with E-state index in [1.54, 1.807) is 49.6 Å². The van der Waals surface area contributed by atoms with Crippen molar-refractivity contribution in [2.75, 3.05) is 12.4 Å². The number of fused-ring (bicyclic) bond motifs is 1. The molecule has 2 amide bonds. The molecule has 2 aromatic carbocycles. The number of hydrogen-bond donors (Lipinski definition) is 4. The van der Waals surface area contributed by atoms with Gasteiger partial charge in [0, 0.05) is 12.6 Å². The number of benzene rings is 2. The second-order valence-electron chi connectivity index (χ2n) is 6.45. The van der Waals surface area contributed by atoms with Crippen molar-refractivity contribution in [2.24, 2.45) is 0 Å². The van der Waals surface area contributed by atoms with Gasteiger partial charge in [0.1, 0.15) is 5.75 Å². The lowest BCUT2D eigenvalue weighted by Gasteiger charge is -2.18. The van der Waals surface area contributed by atoms with Crippen LogP contribution in [0.4, 0.5) is 5.69 Å². The maximum atomic E-state index is 12.5. The Morgan fingerprint density at radius 2 is 1.66 bits per heavy atom. The zero-order chi connectivity index (χ0) is 21.0. The third-order valence-corrected chi connectivity index (χ3v) is 4.29. The smallest absolute Gasteiger partial charge is 0.314 e. The predicted molar refractivity (Wildman–Crippen MR) is 108 cm³/mol. The van der Waals surface area contributed by atoms with Crippen LogP contribution in [0.3, 0.4) is 0 Å². The first-order chi connectivity index (χ1) is 13.9. The molecule has 9 heteroatoms. The summed E-state index contributed by atoms with van der Waals surface area (Å²) in [6, 6.07) is 11.3. The van der Waals surface area contributed by atoms with E-state index in [4.69, 9.17) is 4.74 Å². The Bertz CT molecular complexity index is 1160. The van der Waals surface area contributed by atoms with E-state index in [0.29, 0.717) is 22.5 Å². The zero-order valence-electron chi connectivity index (χ0n) is 15.9. The number of anilines is 1. The lowest BCUT2D eigenvalue weighted by Crippen LogP contribution is -2.30. The minimum absolute atomic E-state index is 0.00604. The van der Waals surface area contributed by atoms with Gasteiger partial charge in [0.2, 0.25) is 11.8 Å². The second kappa shape index (κ2) is 8.42. The van der Waals surface area contributed by atoms with E-state index in [-0.39, 0.29) is 18.2 Å². The molecular weight excluding hydrogens is 376 g/mol. The molecule has 1 atom stereocenters.